The van der Waals surface area contributed by atoms with E-state index in [1.807, 2.05) is 25.1 Å². The number of carbonyl (C=O) groups excluding carboxylic acids is 1. The summed E-state index contributed by atoms with van der Waals surface area (Å²) in [6.45, 7) is 5.43. The highest BCUT2D eigenvalue weighted by atomic mass is 16.5. The summed E-state index contributed by atoms with van der Waals surface area (Å²) in [5.74, 6) is -0.0715. The fourth-order valence-corrected chi connectivity index (χ4v) is 2.88. The van der Waals surface area contributed by atoms with Gasteiger partial charge in [-0.25, -0.2) is 0 Å². The summed E-state index contributed by atoms with van der Waals surface area (Å²) >= 11 is 0. The number of hydrogen-bond acceptors (Lipinski definition) is 2. The summed E-state index contributed by atoms with van der Waals surface area (Å²) in [7, 11) is 0. The topological polar surface area (TPSA) is 30.7 Å². The summed E-state index contributed by atoms with van der Waals surface area (Å²) in [5, 5.41) is 0. The predicted molar refractivity (Wildman–Crippen MR) is 79.7 cm³/mol. The molecule has 0 saturated carbocycles. The fraction of sp³-hybridized carbons (Fsp3) is 0.588. The van der Waals surface area contributed by atoms with Gasteiger partial charge in [-0.3, -0.25) is 4.79 Å². The van der Waals surface area contributed by atoms with Crippen LogP contribution in [-0.4, -0.2) is 31.7 Å². The molecule has 0 radical (unpaired) electrons. The van der Waals surface area contributed by atoms with E-state index >= 15 is 0 Å². The Hall–Kier alpha value is -1.35. The van der Waals surface area contributed by atoms with Crippen LogP contribution in [0.3, 0.4) is 0 Å². The second-order valence-corrected chi connectivity index (χ2v) is 5.80. The molecule has 20 heavy (non-hydrogen) atoms. The van der Waals surface area contributed by atoms with Crippen LogP contribution in [0.4, 0.5) is 0 Å². The normalized spacial score (nSPS) is 17.6. The van der Waals surface area contributed by atoms with Crippen LogP contribution in [0, 0.1) is 0 Å². The smallest absolute Gasteiger partial charge is 0.306 e. The molecule has 0 bridgehead atoms. The molecule has 0 spiro atoms. The SMILES string of the molecule is C[C@H](C[NH+]1CCCCC1)OC(=O)CCc1ccccc1. The van der Waals surface area contributed by atoms with Crippen LogP contribution >= 0.6 is 0 Å². The van der Waals surface area contributed by atoms with Crippen molar-refractivity contribution < 1.29 is 14.4 Å². The standard InChI is InChI=1S/C17H25NO2/c1-15(14-18-12-6-3-7-13-18)20-17(19)11-10-16-8-4-2-5-9-16/h2,4-5,8-9,15H,3,6-7,10-14H2,1H3/p+1/t15-/m1/s1. The van der Waals surface area contributed by atoms with E-state index in [9.17, 15) is 4.79 Å². The molecule has 1 aliphatic rings. The number of quaternary nitrogens is 1. The lowest BCUT2D eigenvalue weighted by Gasteiger charge is -2.26. The van der Waals surface area contributed by atoms with Crippen molar-refractivity contribution in [3.8, 4) is 0 Å². The van der Waals surface area contributed by atoms with Gasteiger partial charge >= 0.3 is 5.97 Å². The molecule has 0 amide bonds. The number of hydrogen-bond donors (Lipinski definition) is 1. The van der Waals surface area contributed by atoms with Crippen molar-refractivity contribution in [1.82, 2.24) is 0 Å². The molecule has 1 saturated heterocycles. The van der Waals surface area contributed by atoms with Gasteiger partial charge in [0.25, 0.3) is 0 Å². The van der Waals surface area contributed by atoms with E-state index in [4.69, 9.17) is 4.74 Å². The van der Waals surface area contributed by atoms with Crippen molar-refractivity contribution in [3.63, 3.8) is 0 Å². The van der Waals surface area contributed by atoms with Crippen molar-refractivity contribution in [2.75, 3.05) is 19.6 Å². The Morgan fingerprint density at radius 1 is 1.20 bits per heavy atom. The average molecular weight is 276 g/mol. The number of benzene rings is 1. The number of esters is 1. The molecule has 0 aromatic heterocycles. The van der Waals surface area contributed by atoms with Crippen LogP contribution in [0.2, 0.25) is 0 Å². The van der Waals surface area contributed by atoms with Gasteiger partial charge in [-0.1, -0.05) is 30.3 Å². The molecule has 3 heteroatoms. The van der Waals surface area contributed by atoms with Crippen LogP contribution < -0.4 is 4.90 Å². The highest BCUT2D eigenvalue weighted by Gasteiger charge is 2.19. The molecular formula is C17H26NO2+. The third-order valence-electron chi connectivity index (χ3n) is 3.93. The largest absolute Gasteiger partial charge is 0.457 e. The van der Waals surface area contributed by atoms with Gasteiger partial charge in [-0.15, -0.1) is 0 Å². The third kappa shape index (κ3) is 5.33. The second kappa shape index (κ2) is 8.05. The Labute approximate surface area is 121 Å². The zero-order chi connectivity index (χ0) is 14.2. The van der Waals surface area contributed by atoms with Gasteiger partial charge in [-0.05, 0) is 38.2 Å². The number of nitrogens with one attached hydrogen (secondary N) is 1. The summed E-state index contributed by atoms with van der Waals surface area (Å²) in [4.78, 5) is 13.4. The van der Waals surface area contributed by atoms with E-state index < -0.39 is 0 Å². The van der Waals surface area contributed by atoms with Crippen molar-refractivity contribution in [3.05, 3.63) is 35.9 Å². The highest BCUT2D eigenvalue weighted by Crippen LogP contribution is 2.04. The van der Waals surface area contributed by atoms with Crippen molar-refractivity contribution in [1.29, 1.82) is 0 Å². The molecule has 0 unspecified atom stereocenters. The molecule has 1 aromatic rings. The van der Waals surface area contributed by atoms with E-state index in [-0.39, 0.29) is 12.1 Å². The number of piperidine rings is 1. The van der Waals surface area contributed by atoms with Crippen molar-refractivity contribution in [2.24, 2.45) is 0 Å². The molecule has 0 aliphatic carbocycles. The highest BCUT2D eigenvalue weighted by molar-refractivity contribution is 5.69. The van der Waals surface area contributed by atoms with Crippen molar-refractivity contribution in [2.45, 2.75) is 45.1 Å². The molecule has 1 aromatic carbocycles. The first-order valence-electron chi connectivity index (χ1n) is 7.81. The summed E-state index contributed by atoms with van der Waals surface area (Å²) in [5.41, 5.74) is 1.19. The van der Waals surface area contributed by atoms with Gasteiger partial charge in [0.2, 0.25) is 0 Å². The van der Waals surface area contributed by atoms with Crippen LogP contribution in [0.1, 0.15) is 38.2 Å². The van der Waals surface area contributed by atoms with Gasteiger partial charge in [-0.2, -0.15) is 0 Å². The molecule has 110 valence electrons. The molecule has 1 N–H and O–H groups in total. The maximum Gasteiger partial charge on any atom is 0.306 e. The molecule has 1 atom stereocenters. The zero-order valence-electron chi connectivity index (χ0n) is 12.4. The Morgan fingerprint density at radius 3 is 2.60 bits per heavy atom. The molecule has 2 rings (SSSR count). The number of likely N-dealkylation sites (tertiary alicyclic amines) is 1. The molecule has 1 fully saturated rings. The maximum absolute atomic E-state index is 11.8. The monoisotopic (exact) mass is 276 g/mol. The van der Waals surface area contributed by atoms with E-state index in [0.717, 1.165) is 13.0 Å². The minimum Gasteiger partial charge on any atom is -0.457 e. The van der Waals surface area contributed by atoms with Gasteiger partial charge in [0.15, 0.2) is 0 Å². The number of aryl methyl sites for hydroxylation is 1. The van der Waals surface area contributed by atoms with Gasteiger partial charge in [0.1, 0.15) is 12.6 Å². The molecular weight excluding hydrogens is 250 g/mol. The van der Waals surface area contributed by atoms with Crippen LogP contribution in [-0.2, 0) is 16.0 Å². The Balaban J connectivity index is 1.65. The second-order valence-electron chi connectivity index (χ2n) is 5.80. The quantitative estimate of drug-likeness (QED) is 0.801. The first kappa shape index (κ1) is 15.0. The first-order valence-corrected chi connectivity index (χ1v) is 7.81. The fourth-order valence-electron chi connectivity index (χ4n) is 2.88. The number of carbonyl (C=O) groups is 1. The number of ether oxygens (including phenoxy) is 1. The van der Waals surface area contributed by atoms with Crippen LogP contribution in [0.25, 0.3) is 0 Å². The molecule has 1 heterocycles. The first-order chi connectivity index (χ1) is 9.74. The maximum atomic E-state index is 11.8. The molecule has 3 nitrogen and oxygen atoms in total. The average Bonchev–Trinajstić information content (AvgIpc) is 2.47. The van der Waals surface area contributed by atoms with E-state index in [2.05, 4.69) is 12.1 Å². The van der Waals surface area contributed by atoms with E-state index in [1.165, 1.54) is 37.9 Å². The van der Waals surface area contributed by atoms with Crippen LogP contribution in [0.15, 0.2) is 30.3 Å². The summed E-state index contributed by atoms with van der Waals surface area (Å²) in [6.07, 6.45) is 5.25. The predicted octanol–water partition coefficient (Wildman–Crippen LogP) is 1.62. The lowest BCUT2D eigenvalue weighted by atomic mass is 10.1. The van der Waals surface area contributed by atoms with Gasteiger partial charge < -0.3 is 9.64 Å². The minimum absolute atomic E-state index is 0.0337. The lowest BCUT2D eigenvalue weighted by molar-refractivity contribution is -0.907. The zero-order valence-corrected chi connectivity index (χ0v) is 12.4. The van der Waals surface area contributed by atoms with Crippen LogP contribution in [0.5, 0.6) is 0 Å². The van der Waals surface area contributed by atoms with E-state index in [1.54, 1.807) is 4.90 Å². The van der Waals surface area contributed by atoms with Gasteiger partial charge in [0, 0.05) is 6.42 Å². The Bertz CT molecular complexity index is 399. The Kier molecular flexibility index (Phi) is 6.06. The third-order valence-corrected chi connectivity index (χ3v) is 3.93. The van der Waals surface area contributed by atoms with Crippen molar-refractivity contribution >= 4 is 5.97 Å². The summed E-state index contributed by atoms with van der Waals surface area (Å²) in [6, 6.07) is 10.1. The summed E-state index contributed by atoms with van der Waals surface area (Å²) < 4.78 is 5.52. The van der Waals surface area contributed by atoms with E-state index in [0.29, 0.717) is 6.42 Å². The number of rotatable bonds is 6. The van der Waals surface area contributed by atoms with Gasteiger partial charge in [0.05, 0.1) is 13.1 Å². The Morgan fingerprint density at radius 2 is 1.90 bits per heavy atom. The minimum atomic E-state index is -0.0715. The molecule has 1 aliphatic heterocycles. The lowest BCUT2D eigenvalue weighted by Crippen LogP contribution is -3.13.